The van der Waals surface area contributed by atoms with E-state index < -0.39 is 5.82 Å². The van der Waals surface area contributed by atoms with Crippen LogP contribution in [0.5, 0.6) is 11.6 Å². The van der Waals surface area contributed by atoms with E-state index in [4.69, 9.17) is 10.5 Å². The molecule has 0 atom stereocenters. The molecule has 0 aliphatic carbocycles. The van der Waals surface area contributed by atoms with Gasteiger partial charge in [0.2, 0.25) is 0 Å². The van der Waals surface area contributed by atoms with Gasteiger partial charge in [-0.3, -0.25) is 0 Å². The summed E-state index contributed by atoms with van der Waals surface area (Å²) in [4.78, 5) is 3.87. The Hall–Kier alpha value is -0.980. The largest absolute Gasteiger partial charge is 0.436 e. The fourth-order valence-corrected chi connectivity index (χ4v) is 2.10. The Balaban J connectivity index is 2.33. The summed E-state index contributed by atoms with van der Waals surface area (Å²) in [5, 5.41) is 0. The topological polar surface area (TPSA) is 48.1 Å². The van der Waals surface area contributed by atoms with Gasteiger partial charge >= 0.3 is 0 Å². The average molecular weight is 376 g/mol. The first-order valence-corrected chi connectivity index (χ1v) is 6.66. The van der Waals surface area contributed by atoms with Crippen LogP contribution >= 0.6 is 31.9 Å². The van der Waals surface area contributed by atoms with Crippen LogP contribution in [0, 0.1) is 5.82 Å². The molecule has 0 radical (unpaired) electrons. The lowest BCUT2D eigenvalue weighted by molar-refractivity contribution is 0.418. The maximum absolute atomic E-state index is 13.6. The number of rotatable bonds is 3. The van der Waals surface area contributed by atoms with Crippen molar-refractivity contribution in [1.29, 1.82) is 0 Å². The smallest absolute Gasteiger partial charge is 0.255 e. The highest BCUT2D eigenvalue weighted by molar-refractivity contribution is 9.10. The molecule has 0 spiro atoms. The van der Waals surface area contributed by atoms with Gasteiger partial charge in [0.15, 0.2) is 5.82 Å². The Morgan fingerprint density at radius 2 is 2.00 bits per heavy atom. The van der Waals surface area contributed by atoms with E-state index in [-0.39, 0.29) is 5.88 Å². The molecule has 0 saturated carbocycles. The Morgan fingerprint density at radius 3 is 2.67 bits per heavy atom. The first kappa shape index (κ1) is 13.5. The summed E-state index contributed by atoms with van der Waals surface area (Å²) < 4.78 is 20.5. The predicted molar refractivity (Wildman–Crippen MR) is 74.0 cm³/mol. The maximum atomic E-state index is 13.6. The van der Waals surface area contributed by atoms with Gasteiger partial charge in [0.25, 0.3) is 5.88 Å². The fraction of sp³-hybridized carbons (Fsp3) is 0.0833. The highest BCUT2D eigenvalue weighted by Gasteiger charge is 2.10. The molecular weight excluding hydrogens is 367 g/mol. The van der Waals surface area contributed by atoms with Gasteiger partial charge in [-0.2, -0.15) is 0 Å². The summed E-state index contributed by atoms with van der Waals surface area (Å²) in [7, 11) is 0. The first-order chi connectivity index (χ1) is 8.60. The van der Waals surface area contributed by atoms with Crippen molar-refractivity contribution in [3.8, 4) is 11.6 Å². The zero-order valence-electron chi connectivity index (χ0n) is 9.16. The van der Waals surface area contributed by atoms with Crippen molar-refractivity contribution in [1.82, 2.24) is 4.98 Å². The van der Waals surface area contributed by atoms with Crippen molar-refractivity contribution in [2.45, 2.75) is 6.54 Å². The number of benzene rings is 1. The summed E-state index contributed by atoms with van der Waals surface area (Å²) in [6, 6.07) is 6.64. The summed E-state index contributed by atoms with van der Waals surface area (Å²) in [6.45, 7) is 0.299. The molecule has 2 N–H and O–H groups in total. The van der Waals surface area contributed by atoms with E-state index in [1.165, 1.54) is 12.3 Å². The summed E-state index contributed by atoms with van der Waals surface area (Å²) in [5.41, 5.74) is 6.38. The van der Waals surface area contributed by atoms with Crippen LogP contribution in [0.3, 0.4) is 0 Å². The lowest BCUT2D eigenvalue weighted by Crippen LogP contribution is -2.01. The third-order valence-corrected chi connectivity index (χ3v) is 3.15. The average Bonchev–Trinajstić information content (AvgIpc) is 2.34. The number of nitrogens with zero attached hydrogens (tertiary/aromatic N) is 1. The van der Waals surface area contributed by atoms with Crippen LogP contribution in [0.15, 0.2) is 39.4 Å². The second kappa shape index (κ2) is 5.77. The molecule has 0 aliphatic rings. The number of aromatic nitrogens is 1. The van der Waals surface area contributed by atoms with Gasteiger partial charge in [0.1, 0.15) is 5.75 Å². The monoisotopic (exact) mass is 374 g/mol. The number of hydrogen-bond acceptors (Lipinski definition) is 3. The molecule has 0 unspecified atom stereocenters. The molecule has 1 heterocycles. The van der Waals surface area contributed by atoms with Gasteiger partial charge in [0, 0.05) is 27.3 Å². The molecule has 3 nitrogen and oxygen atoms in total. The zero-order chi connectivity index (χ0) is 13.1. The van der Waals surface area contributed by atoms with E-state index in [0.29, 0.717) is 16.8 Å². The second-order valence-corrected chi connectivity index (χ2v) is 5.33. The third kappa shape index (κ3) is 3.07. The highest BCUT2D eigenvalue weighted by Crippen LogP contribution is 2.28. The van der Waals surface area contributed by atoms with Crippen LogP contribution in [0.1, 0.15) is 5.56 Å². The third-order valence-electron chi connectivity index (χ3n) is 2.22. The van der Waals surface area contributed by atoms with Crippen molar-refractivity contribution in [2.75, 3.05) is 0 Å². The van der Waals surface area contributed by atoms with Gasteiger partial charge < -0.3 is 10.5 Å². The van der Waals surface area contributed by atoms with E-state index >= 15 is 0 Å². The summed E-state index contributed by atoms with van der Waals surface area (Å²) in [6.07, 6.45) is 1.47. The molecule has 0 fully saturated rings. The van der Waals surface area contributed by atoms with Gasteiger partial charge in [-0.15, -0.1) is 0 Å². The van der Waals surface area contributed by atoms with Crippen LogP contribution in [0.25, 0.3) is 0 Å². The Morgan fingerprint density at radius 1 is 1.22 bits per heavy atom. The summed E-state index contributed by atoms with van der Waals surface area (Å²) in [5.74, 6) is -0.111. The minimum absolute atomic E-state index is 0.0739. The predicted octanol–water partition coefficient (Wildman–Crippen LogP) is 4.00. The van der Waals surface area contributed by atoms with Crippen molar-refractivity contribution < 1.29 is 9.13 Å². The maximum Gasteiger partial charge on any atom is 0.255 e. The zero-order valence-corrected chi connectivity index (χ0v) is 12.3. The lowest BCUT2D eigenvalue weighted by Gasteiger charge is -2.10. The molecule has 1 aromatic carbocycles. The number of hydrogen-bond donors (Lipinski definition) is 1. The van der Waals surface area contributed by atoms with Gasteiger partial charge in [-0.05, 0) is 40.2 Å². The van der Waals surface area contributed by atoms with E-state index in [0.717, 1.165) is 10.0 Å². The highest BCUT2D eigenvalue weighted by atomic mass is 79.9. The standard InChI is InChI=1S/C12H9Br2FN2O/c13-8-1-2-11(7(3-8)5-16)18-12-10(15)4-9(14)6-17-12/h1-4,6H,5,16H2. The summed E-state index contributed by atoms with van der Waals surface area (Å²) >= 11 is 6.47. The van der Waals surface area contributed by atoms with Crippen molar-refractivity contribution in [2.24, 2.45) is 5.73 Å². The number of pyridine rings is 1. The first-order valence-electron chi connectivity index (χ1n) is 5.07. The molecule has 0 aliphatic heterocycles. The van der Waals surface area contributed by atoms with Crippen LogP contribution in [0.2, 0.25) is 0 Å². The quantitative estimate of drug-likeness (QED) is 0.882. The molecule has 0 amide bonds. The Bertz CT molecular complexity index is 578. The van der Waals surface area contributed by atoms with Crippen LogP contribution < -0.4 is 10.5 Å². The Labute approximate surface area is 120 Å². The molecule has 2 rings (SSSR count). The molecule has 0 saturated heterocycles. The van der Waals surface area contributed by atoms with E-state index in [9.17, 15) is 4.39 Å². The van der Waals surface area contributed by atoms with Crippen molar-refractivity contribution in [3.63, 3.8) is 0 Å². The lowest BCUT2D eigenvalue weighted by atomic mass is 10.2. The van der Waals surface area contributed by atoms with Crippen LogP contribution in [0.4, 0.5) is 4.39 Å². The van der Waals surface area contributed by atoms with Gasteiger partial charge in [-0.1, -0.05) is 15.9 Å². The second-order valence-electron chi connectivity index (χ2n) is 3.50. The molecule has 0 bridgehead atoms. The van der Waals surface area contributed by atoms with Crippen molar-refractivity contribution >= 4 is 31.9 Å². The normalized spacial score (nSPS) is 10.4. The molecule has 1 aromatic heterocycles. The number of halogens is 3. The van der Waals surface area contributed by atoms with Crippen LogP contribution in [-0.2, 0) is 6.54 Å². The van der Waals surface area contributed by atoms with E-state index in [1.54, 1.807) is 12.1 Å². The molecule has 18 heavy (non-hydrogen) atoms. The van der Waals surface area contributed by atoms with Gasteiger partial charge in [-0.25, -0.2) is 9.37 Å². The molecule has 2 aromatic rings. The SMILES string of the molecule is NCc1cc(Br)ccc1Oc1ncc(Br)cc1F. The van der Waals surface area contributed by atoms with E-state index in [1.807, 2.05) is 6.07 Å². The number of ether oxygens (including phenoxy) is 1. The minimum Gasteiger partial charge on any atom is -0.436 e. The fourth-order valence-electron chi connectivity index (χ4n) is 1.39. The molecule has 94 valence electrons. The minimum atomic E-state index is -0.532. The molecule has 6 heteroatoms. The Kier molecular flexibility index (Phi) is 4.31. The number of nitrogens with two attached hydrogens (primary N) is 1. The molecular formula is C12H9Br2FN2O. The van der Waals surface area contributed by atoms with Crippen molar-refractivity contribution in [3.05, 3.63) is 50.8 Å². The van der Waals surface area contributed by atoms with Gasteiger partial charge in [0.05, 0.1) is 0 Å². The van der Waals surface area contributed by atoms with Crippen LogP contribution in [-0.4, -0.2) is 4.98 Å². The van der Waals surface area contributed by atoms with E-state index in [2.05, 4.69) is 36.8 Å².